The molecule has 5 nitrogen and oxygen atoms in total. The first-order chi connectivity index (χ1) is 14.8. The molecular formula is C24H30N2O3Si. The van der Waals surface area contributed by atoms with Crippen molar-refractivity contribution in [2.45, 2.75) is 25.7 Å². The summed E-state index contributed by atoms with van der Waals surface area (Å²) < 4.78 is 19.2. The van der Waals surface area contributed by atoms with Gasteiger partial charge in [-0.05, 0) is 62.3 Å². The summed E-state index contributed by atoms with van der Waals surface area (Å²) in [7, 11) is -3.36. The lowest BCUT2D eigenvalue weighted by Gasteiger charge is -2.30. The number of nitrogens with two attached hydrogens (primary N) is 1. The molecule has 3 aromatic carbocycles. The van der Waals surface area contributed by atoms with Gasteiger partial charge in [0.15, 0.2) is 0 Å². The van der Waals surface area contributed by atoms with Gasteiger partial charge in [-0.2, -0.15) is 0 Å². The quantitative estimate of drug-likeness (QED) is 0.307. The first kappa shape index (κ1) is 21.9. The first-order valence-electron chi connectivity index (χ1n) is 10.5. The second-order valence-corrected chi connectivity index (χ2v) is 9.01. The van der Waals surface area contributed by atoms with E-state index in [2.05, 4.69) is 4.98 Å². The second kappa shape index (κ2) is 12.0. The topological polar surface area (TPSA) is 65.7 Å². The fourth-order valence-corrected chi connectivity index (χ4v) is 5.13. The Morgan fingerprint density at radius 1 is 0.567 bits per heavy atom. The van der Waals surface area contributed by atoms with E-state index in [1.807, 2.05) is 91.0 Å². The Morgan fingerprint density at radius 2 is 0.967 bits per heavy atom. The van der Waals surface area contributed by atoms with Crippen LogP contribution in [0.2, 0.25) is 0 Å². The third-order valence-corrected chi connectivity index (χ3v) is 6.65. The van der Waals surface area contributed by atoms with Gasteiger partial charge in [0, 0.05) is 0 Å². The minimum absolute atomic E-state index is 0.701. The molecule has 0 bridgehead atoms. The fraction of sp³-hybridized carbons (Fsp3) is 0.250. The summed E-state index contributed by atoms with van der Waals surface area (Å²) in [6.45, 7) is 1.46. The highest BCUT2D eigenvalue weighted by Gasteiger charge is 2.50. The minimum atomic E-state index is -3.36. The molecule has 3 aromatic rings. The number of para-hydroxylation sites is 3. The fourth-order valence-electron chi connectivity index (χ4n) is 2.97. The van der Waals surface area contributed by atoms with Crippen LogP contribution < -0.4 is 24.0 Å². The summed E-state index contributed by atoms with van der Waals surface area (Å²) in [5.74, 6) is 2.10. The van der Waals surface area contributed by atoms with E-state index in [1.165, 1.54) is 0 Å². The number of hydrogen-bond donors (Lipinski definition) is 2. The van der Waals surface area contributed by atoms with Crippen molar-refractivity contribution in [1.82, 2.24) is 4.98 Å². The zero-order valence-corrected chi connectivity index (χ0v) is 18.2. The molecular weight excluding hydrogens is 392 g/mol. The van der Waals surface area contributed by atoms with E-state index in [0.29, 0.717) is 17.2 Å². The summed E-state index contributed by atoms with van der Waals surface area (Å²) in [5.41, 5.74) is 5.60. The van der Waals surface area contributed by atoms with Crippen molar-refractivity contribution >= 4 is 8.97 Å². The van der Waals surface area contributed by atoms with Crippen molar-refractivity contribution in [3.05, 3.63) is 91.0 Å². The van der Waals surface area contributed by atoms with Gasteiger partial charge in [0.1, 0.15) is 17.2 Å². The smallest absolute Gasteiger partial charge is 0.471 e. The molecule has 3 rings (SSSR count). The molecule has 0 unspecified atom stereocenters. The molecule has 3 N–H and O–H groups in total. The zero-order valence-electron chi connectivity index (χ0n) is 17.2. The maximum Gasteiger partial charge on any atom is 0.803 e. The van der Waals surface area contributed by atoms with Crippen molar-refractivity contribution < 1.29 is 13.3 Å². The van der Waals surface area contributed by atoms with Gasteiger partial charge in [-0.1, -0.05) is 67.4 Å². The Hall–Kier alpha value is -2.80. The number of unbranched alkanes of at least 4 members (excludes halogenated alkanes) is 3. The summed E-state index contributed by atoms with van der Waals surface area (Å²) in [5, 5.41) is 0. The summed E-state index contributed by atoms with van der Waals surface area (Å²) in [6.07, 6.45) is 4.25. The third-order valence-electron chi connectivity index (χ3n) is 4.46. The lowest BCUT2D eigenvalue weighted by molar-refractivity contribution is 0.242. The van der Waals surface area contributed by atoms with Crippen LogP contribution in [0.1, 0.15) is 25.7 Å². The number of rotatable bonds is 13. The van der Waals surface area contributed by atoms with Crippen molar-refractivity contribution in [2.24, 2.45) is 5.73 Å². The molecule has 158 valence electrons. The predicted octanol–water partition coefficient (Wildman–Crippen LogP) is 4.77. The number of nitrogens with one attached hydrogen (secondary N) is 1. The van der Waals surface area contributed by atoms with Crippen LogP contribution in [0.4, 0.5) is 0 Å². The maximum atomic E-state index is 6.40. The molecule has 0 heterocycles. The van der Waals surface area contributed by atoms with Crippen LogP contribution in [0.15, 0.2) is 91.0 Å². The zero-order chi connectivity index (χ0) is 20.9. The van der Waals surface area contributed by atoms with E-state index in [1.54, 1.807) is 0 Å². The molecule has 0 radical (unpaired) electrons. The molecule has 0 amide bonds. The predicted molar refractivity (Wildman–Crippen MR) is 122 cm³/mol. The molecule has 0 saturated carbocycles. The Kier molecular flexibility index (Phi) is 8.77. The Balaban J connectivity index is 1.82. The highest BCUT2D eigenvalue weighted by Crippen LogP contribution is 2.22. The first-order valence-corrected chi connectivity index (χ1v) is 12.2. The van der Waals surface area contributed by atoms with Crippen LogP contribution in [-0.2, 0) is 0 Å². The SMILES string of the molecule is NCCCCCCN[Si](Oc1ccccc1)(Oc1ccccc1)Oc1ccccc1. The maximum absolute atomic E-state index is 6.40. The van der Waals surface area contributed by atoms with Gasteiger partial charge in [0.25, 0.3) is 0 Å². The molecule has 0 saturated heterocycles. The molecule has 0 atom stereocenters. The third kappa shape index (κ3) is 7.22. The van der Waals surface area contributed by atoms with Gasteiger partial charge in [-0.25, -0.2) is 4.98 Å². The van der Waals surface area contributed by atoms with Crippen molar-refractivity contribution in [2.75, 3.05) is 13.1 Å². The average Bonchev–Trinajstić information content (AvgIpc) is 2.78. The minimum Gasteiger partial charge on any atom is -0.471 e. The molecule has 0 aromatic heterocycles. The van der Waals surface area contributed by atoms with Gasteiger partial charge in [-0.15, -0.1) is 0 Å². The lowest BCUT2D eigenvalue weighted by atomic mass is 10.2. The van der Waals surface area contributed by atoms with Crippen LogP contribution in [0.5, 0.6) is 17.2 Å². The van der Waals surface area contributed by atoms with Crippen LogP contribution in [0, 0.1) is 0 Å². The van der Waals surface area contributed by atoms with E-state index < -0.39 is 8.97 Å². The van der Waals surface area contributed by atoms with Gasteiger partial charge in [0.2, 0.25) is 0 Å². The largest absolute Gasteiger partial charge is 0.803 e. The molecule has 0 spiro atoms. The summed E-state index contributed by atoms with van der Waals surface area (Å²) >= 11 is 0. The van der Waals surface area contributed by atoms with Crippen molar-refractivity contribution in [3.63, 3.8) is 0 Å². The van der Waals surface area contributed by atoms with Crippen LogP contribution >= 0.6 is 0 Å². The standard InChI is InChI=1S/C24H30N2O3Si/c25-20-12-1-2-13-21-26-30(27-22-14-6-3-7-15-22,28-23-16-8-4-9-17-23)29-24-18-10-5-11-19-24/h3-11,14-19,26H,1-2,12-13,20-21,25H2. The normalized spacial score (nSPS) is 11.1. The monoisotopic (exact) mass is 422 g/mol. The molecule has 0 aliphatic carbocycles. The van der Waals surface area contributed by atoms with Gasteiger partial charge < -0.3 is 19.0 Å². The van der Waals surface area contributed by atoms with Crippen LogP contribution in [0.25, 0.3) is 0 Å². The number of benzene rings is 3. The Labute approximate surface area is 180 Å². The highest BCUT2D eigenvalue weighted by atomic mass is 28.4. The van der Waals surface area contributed by atoms with E-state index in [4.69, 9.17) is 19.0 Å². The number of hydrogen-bond acceptors (Lipinski definition) is 5. The Morgan fingerprint density at radius 3 is 1.37 bits per heavy atom. The Bertz CT molecular complexity index is 733. The van der Waals surface area contributed by atoms with Crippen LogP contribution in [0.3, 0.4) is 0 Å². The highest BCUT2D eigenvalue weighted by molar-refractivity contribution is 6.60. The molecule has 0 aliphatic rings. The van der Waals surface area contributed by atoms with Crippen molar-refractivity contribution in [3.8, 4) is 17.2 Å². The molecule has 0 fully saturated rings. The van der Waals surface area contributed by atoms with Gasteiger partial charge >= 0.3 is 8.97 Å². The summed E-state index contributed by atoms with van der Waals surface area (Å²) in [4.78, 5) is 3.50. The second-order valence-electron chi connectivity index (χ2n) is 6.93. The lowest BCUT2D eigenvalue weighted by Crippen LogP contribution is -2.66. The van der Waals surface area contributed by atoms with E-state index in [-0.39, 0.29) is 0 Å². The molecule has 6 heteroatoms. The van der Waals surface area contributed by atoms with Gasteiger partial charge in [0.05, 0.1) is 0 Å². The average molecular weight is 423 g/mol. The van der Waals surface area contributed by atoms with Crippen molar-refractivity contribution in [1.29, 1.82) is 0 Å². The van der Waals surface area contributed by atoms with E-state index in [0.717, 1.165) is 38.8 Å². The van der Waals surface area contributed by atoms with Gasteiger partial charge in [-0.3, -0.25) is 0 Å². The summed E-state index contributed by atoms with van der Waals surface area (Å²) in [6, 6.07) is 28.9. The van der Waals surface area contributed by atoms with E-state index in [9.17, 15) is 0 Å². The van der Waals surface area contributed by atoms with Crippen LogP contribution in [-0.4, -0.2) is 22.1 Å². The molecule has 30 heavy (non-hydrogen) atoms. The molecule has 0 aliphatic heterocycles. The van der Waals surface area contributed by atoms with E-state index >= 15 is 0 Å².